The molecule has 5 heteroatoms. The van der Waals surface area contributed by atoms with Gasteiger partial charge in [-0.1, -0.05) is 0 Å². The lowest BCUT2D eigenvalue weighted by atomic mass is 10.0. The van der Waals surface area contributed by atoms with Crippen molar-refractivity contribution in [1.82, 2.24) is 0 Å². The summed E-state index contributed by atoms with van der Waals surface area (Å²) in [5.41, 5.74) is 11.0. The fourth-order valence-corrected chi connectivity index (χ4v) is 1.35. The standard InChI is InChI=1S/C7H16N2O3/c1-11-7-4(9)2-5(10)6(3-8)12-7/h4-7,10H,2-3,8-9H2,1H3/t4-,5+,6-,7+/m1/s1. The number of hydrogen-bond acceptors (Lipinski definition) is 5. The molecule has 12 heavy (non-hydrogen) atoms. The highest BCUT2D eigenvalue weighted by Gasteiger charge is 2.34. The third kappa shape index (κ3) is 1.94. The van der Waals surface area contributed by atoms with Gasteiger partial charge in [-0.15, -0.1) is 0 Å². The molecule has 1 rings (SSSR count). The summed E-state index contributed by atoms with van der Waals surface area (Å²) in [5.74, 6) is 0. The fourth-order valence-electron chi connectivity index (χ4n) is 1.35. The SMILES string of the molecule is CO[C@H]1O[C@H](CN)[C@@H](O)C[C@H]1N. The van der Waals surface area contributed by atoms with Crippen LogP contribution in [0.5, 0.6) is 0 Å². The molecule has 72 valence electrons. The van der Waals surface area contributed by atoms with Crippen LogP contribution in [0.3, 0.4) is 0 Å². The second-order valence-electron chi connectivity index (χ2n) is 2.98. The summed E-state index contributed by atoms with van der Waals surface area (Å²) in [5, 5.41) is 9.41. The summed E-state index contributed by atoms with van der Waals surface area (Å²) >= 11 is 0. The Bertz CT molecular complexity index is 131. The average molecular weight is 176 g/mol. The molecule has 1 aliphatic heterocycles. The van der Waals surface area contributed by atoms with Crippen LogP contribution in [0.4, 0.5) is 0 Å². The lowest BCUT2D eigenvalue weighted by Crippen LogP contribution is -2.53. The Morgan fingerprint density at radius 1 is 1.67 bits per heavy atom. The minimum Gasteiger partial charge on any atom is -0.390 e. The van der Waals surface area contributed by atoms with Gasteiger partial charge in [0.15, 0.2) is 6.29 Å². The van der Waals surface area contributed by atoms with Crippen molar-refractivity contribution in [1.29, 1.82) is 0 Å². The highest BCUT2D eigenvalue weighted by Crippen LogP contribution is 2.18. The maximum atomic E-state index is 9.41. The number of aliphatic hydroxyl groups excluding tert-OH is 1. The molecule has 5 nitrogen and oxygen atoms in total. The van der Waals surface area contributed by atoms with E-state index in [0.717, 1.165) is 0 Å². The van der Waals surface area contributed by atoms with Gasteiger partial charge in [0.1, 0.15) is 0 Å². The van der Waals surface area contributed by atoms with E-state index < -0.39 is 12.4 Å². The van der Waals surface area contributed by atoms with E-state index in [1.165, 1.54) is 7.11 Å². The number of hydrogen-bond donors (Lipinski definition) is 3. The Morgan fingerprint density at radius 2 is 2.33 bits per heavy atom. The number of aliphatic hydroxyl groups is 1. The van der Waals surface area contributed by atoms with Crippen LogP contribution in [0.25, 0.3) is 0 Å². The second kappa shape index (κ2) is 4.15. The highest BCUT2D eigenvalue weighted by molar-refractivity contribution is 4.83. The van der Waals surface area contributed by atoms with Gasteiger partial charge in [-0.2, -0.15) is 0 Å². The lowest BCUT2D eigenvalue weighted by Gasteiger charge is -2.36. The van der Waals surface area contributed by atoms with Gasteiger partial charge in [-0.3, -0.25) is 0 Å². The van der Waals surface area contributed by atoms with Crippen LogP contribution in [0.15, 0.2) is 0 Å². The molecular formula is C7H16N2O3. The van der Waals surface area contributed by atoms with Crippen molar-refractivity contribution in [3.63, 3.8) is 0 Å². The van der Waals surface area contributed by atoms with Crippen molar-refractivity contribution in [3.05, 3.63) is 0 Å². The molecule has 0 amide bonds. The molecule has 5 N–H and O–H groups in total. The zero-order valence-electron chi connectivity index (χ0n) is 7.14. The molecule has 4 atom stereocenters. The summed E-state index contributed by atoms with van der Waals surface area (Å²) in [4.78, 5) is 0. The lowest BCUT2D eigenvalue weighted by molar-refractivity contribution is -0.216. The molecular weight excluding hydrogens is 160 g/mol. The first kappa shape index (κ1) is 9.88. The topological polar surface area (TPSA) is 90.7 Å². The van der Waals surface area contributed by atoms with Gasteiger partial charge >= 0.3 is 0 Å². The quantitative estimate of drug-likeness (QED) is 0.471. The normalized spacial score (nSPS) is 43.0. The predicted octanol–water partition coefficient (Wildman–Crippen LogP) is -1.61. The summed E-state index contributed by atoms with van der Waals surface area (Å²) in [6.45, 7) is 0.285. The van der Waals surface area contributed by atoms with Crippen molar-refractivity contribution in [2.24, 2.45) is 11.5 Å². The molecule has 0 bridgehead atoms. The largest absolute Gasteiger partial charge is 0.390 e. The molecule has 1 heterocycles. The van der Waals surface area contributed by atoms with Crippen molar-refractivity contribution >= 4 is 0 Å². The molecule has 0 saturated carbocycles. The van der Waals surface area contributed by atoms with Crippen LogP contribution < -0.4 is 11.5 Å². The van der Waals surface area contributed by atoms with E-state index >= 15 is 0 Å². The van der Waals surface area contributed by atoms with Gasteiger partial charge in [0.05, 0.1) is 18.2 Å². The van der Waals surface area contributed by atoms with E-state index in [9.17, 15) is 5.11 Å². The second-order valence-corrected chi connectivity index (χ2v) is 2.98. The smallest absolute Gasteiger partial charge is 0.172 e. The van der Waals surface area contributed by atoms with Crippen LogP contribution in [0, 0.1) is 0 Å². The first-order chi connectivity index (χ1) is 5.69. The van der Waals surface area contributed by atoms with E-state index in [4.69, 9.17) is 20.9 Å². The number of nitrogens with two attached hydrogens (primary N) is 2. The summed E-state index contributed by atoms with van der Waals surface area (Å²) in [6, 6.07) is -0.271. The van der Waals surface area contributed by atoms with Crippen molar-refractivity contribution in [2.75, 3.05) is 13.7 Å². The van der Waals surface area contributed by atoms with E-state index in [0.29, 0.717) is 6.42 Å². The Labute approximate surface area is 71.6 Å². The van der Waals surface area contributed by atoms with Crippen LogP contribution in [-0.4, -0.2) is 43.3 Å². The molecule has 0 aliphatic carbocycles. The van der Waals surface area contributed by atoms with Gasteiger partial charge in [-0.05, 0) is 6.42 Å². The molecule has 1 aliphatic rings. The van der Waals surface area contributed by atoms with Crippen LogP contribution >= 0.6 is 0 Å². The summed E-state index contributed by atoms with van der Waals surface area (Å²) in [7, 11) is 1.52. The summed E-state index contributed by atoms with van der Waals surface area (Å²) < 4.78 is 10.3. The van der Waals surface area contributed by atoms with Crippen LogP contribution in [-0.2, 0) is 9.47 Å². The van der Waals surface area contributed by atoms with Gasteiger partial charge < -0.3 is 26.0 Å². The minimum absolute atomic E-state index is 0.271. The van der Waals surface area contributed by atoms with Gasteiger partial charge in [0.25, 0.3) is 0 Å². The molecule has 0 spiro atoms. The van der Waals surface area contributed by atoms with Crippen molar-refractivity contribution in [3.8, 4) is 0 Å². The van der Waals surface area contributed by atoms with Crippen molar-refractivity contribution < 1.29 is 14.6 Å². The maximum Gasteiger partial charge on any atom is 0.172 e. The van der Waals surface area contributed by atoms with E-state index in [-0.39, 0.29) is 18.7 Å². The monoisotopic (exact) mass is 176 g/mol. The molecule has 0 aromatic heterocycles. The Hall–Kier alpha value is -0.200. The third-order valence-corrected chi connectivity index (χ3v) is 2.07. The van der Waals surface area contributed by atoms with Gasteiger partial charge in [0.2, 0.25) is 0 Å². The number of ether oxygens (including phenoxy) is 2. The van der Waals surface area contributed by atoms with E-state index in [1.807, 2.05) is 0 Å². The predicted molar refractivity (Wildman–Crippen MR) is 43.3 cm³/mol. The average Bonchev–Trinajstić information content (AvgIpc) is 2.05. The molecule has 0 unspecified atom stereocenters. The minimum atomic E-state index is -0.573. The van der Waals surface area contributed by atoms with Crippen LogP contribution in [0.1, 0.15) is 6.42 Å². The Kier molecular flexibility index (Phi) is 3.42. The first-order valence-corrected chi connectivity index (χ1v) is 4.01. The number of methoxy groups -OCH3 is 1. The number of rotatable bonds is 2. The van der Waals surface area contributed by atoms with Gasteiger partial charge in [-0.25, -0.2) is 0 Å². The zero-order chi connectivity index (χ0) is 9.14. The zero-order valence-corrected chi connectivity index (χ0v) is 7.14. The summed E-state index contributed by atoms with van der Waals surface area (Å²) in [6.07, 6.45) is -0.895. The maximum absolute atomic E-state index is 9.41. The van der Waals surface area contributed by atoms with Gasteiger partial charge in [0, 0.05) is 13.7 Å². The van der Waals surface area contributed by atoms with E-state index in [2.05, 4.69) is 0 Å². The molecule has 0 radical (unpaired) electrons. The Morgan fingerprint density at radius 3 is 2.83 bits per heavy atom. The molecule has 0 aromatic carbocycles. The van der Waals surface area contributed by atoms with Crippen LogP contribution in [0.2, 0.25) is 0 Å². The molecule has 1 fully saturated rings. The third-order valence-electron chi connectivity index (χ3n) is 2.07. The van der Waals surface area contributed by atoms with Crippen molar-refractivity contribution in [2.45, 2.75) is 31.0 Å². The molecule has 0 aromatic rings. The highest BCUT2D eigenvalue weighted by atomic mass is 16.7. The molecule has 1 saturated heterocycles. The fraction of sp³-hybridized carbons (Fsp3) is 1.00. The first-order valence-electron chi connectivity index (χ1n) is 4.01. The Balaban J connectivity index is 2.50. The van der Waals surface area contributed by atoms with E-state index in [1.54, 1.807) is 0 Å².